The molecule has 1 heterocycles. The van der Waals surface area contributed by atoms with E-state index < -0.39 is 0 Å². The summed E-state index contributed by atoms with van der Waals surface area (Å²) in [4.78, 5) is 18.0. The summed E-state index contributed by atoms with van der Waals surface area (Å²) >= 11 is 0. The number of hydrogen-bond donors (Lipinski definition) is 0. The van der Waals surface area contributed by atoms with Crippen LogP contribution >= 0.6 is 0 Å². The molecule has 0 bridgehead atoms. The Labute approximate surface area is 130 Å². The normalized spacial score (nSPS) is 12.2. The van der Waals surface area contributed by atoms with E-state index in [0.717, 1.165) is 12.0 Å². The van der Waals surface area contributed by atoms with Gasteiger partial charge in [0.1, 0.15) is 5.82 Å². The van der Waals surface area contributed by atoms with Crippen molar-refractivity contribution < 1.29 is 13.6 Å². The van der Waals surface area contributed by atoms with Crippen LogP contribution in [0.5, 0.6) is 0 Å². The number of carbonyl (C=O) groups is 1. The second kappa shape index (κ2) is 7.20. The first-order valence-electron chi connectivity index (χ1n) is 7.47. The van der Waals surface area contributed by atoms with Gasteiger partial charge in [0.25, 0.3) is 0 Å². The van der Waals surface area contributed by atoms with Gasteiger partial charge >= 0.3 is 0 Å². The van der Waals surface area contributed by atoms with Gasteiger partial charge in [-0.3, -0.25) is 4.79 Å². The fourth-order valence-electron chi connectivity index (χ4n) is 2.08. The van der Waals surface area contributed by atoms with Crippen molar-refractivity contribution in [1.29, 1.82) is 0 Å². The maximum atomic E-state index is 12.9. The number of amides is 1. The van der Waals surface area contributed by atoms with Crippen LogP contribution in [0.3, 0.4) is 0 Å². The second-order valence-electron chi connectivity index (χ2n) is 5.39. The van der Waals surface area contributed by atoms with Gasteiger partial charge in [0, 0.05) is 31.5 Å². The average molecular weight is 304 g/mol. The van der Waals surface area contributed by atoms with E-state index in [4.69, 9.17) is 4.42 Å². The summed E-state index contributed by atoms with van der Waals surface area (Å²) in [5, 5.41) is 0. The van der Waals surface area contributed by atoms with E-state index in [0.29, 0.717) is 24.5 Å². The van der Waals surface area contributed by atoms with Gasteiger partial charge in [-0.05, 0) is 37.6 Å². The Morgan fingerprint density at radius 2 is 2.05 bits per heavy atom. The molecular weight excluding hydrogens is 283 g/mol. The first-order chi connectivity index (χ1) is 10.5. The van der Waals surface area contributed by atoms with Crippen LogP contribution < -0.4 is 0 Å². The monoisotopic (exact) mass is 304 g/mol. The third-order valence-electron chi connectivity index (χ3n) is 3.88. The molecule has 22 heavy (non-hydrogen) atoms. The molecular formula is C17H21FN2O2. The van der Waals surface area contributed by atoms with Crippen LogP contribution in [0.2, 0.25) is 0 Å². The number of aryl methyl sites for hydroxylation is 1. The number of hydrogen-bond acceptors (Lipinski definition) is 3. The molecule has 1 aromatic carbocycles. The molecule has 1 aromatic heterocycles. The average Bonchev–Trinajstić information content (AvgIpc) is 3.00. The van der Waals surface area contributed by atoms with Gasteiger partial charge < -0.3 is 9.32 Å². The molecule has 2 rings (SSSR count). The predicted molar refractivity (Wildman–Crippen MR) is 82.7 cm³/mol. The molecule has 0 N–H and O–H groups in total. The molecule has 0 aliphatic rings. The third-order valence-corrected chi connectivity index (χ3v) is 3.88. The van der Waals surface area contributed by atoms with Crippen molar-refractivity contribution in [2.45, 2.75) is 39.2 Å². The zero-order valence-electron chi connectivity index (χ0n) is 13.2. The Morgan fingerprint density at radius 3 is 2.68 bits per heavy atom. The lowest BCUT2D eigenvalue weighted by Gasteiger charge is -2.23. The Bertz CT molecular complexity index is 622. The third kappa shape index (κ3) is 3.93. The van der Waals surface area contributed by atoms with Crippen LogP contribution in [0.15, 0.2) is 34.9 Å². The maximum Gasteiger partial charge on any atom is 0.223 e. The number of benzene rings is 1. The lowest BCUT2D eigenvalue weighted by molar-refractivity contribution is -0.131. The molecule has 0 saturated heterocycles. The minimum absolute atomic E-state index is 0.0795. The highest BCUT2D eigenvalue weighted by atomic mass is 19.1. The first-order valence-corrected chi connectivity index (χ1v) is 7.47. The maximum absolute atomic E-state index is 12.9. The molecule has 0 aliphatic carbocycles. The number of oxazole rings is 1. The summed E-state index contributed by atoms with van der Waals surface area (Å²) in [5.41, 5.74) is 0.767. The highest BCUT2D eigenvalue weighted by Gasteiger charge is 2.15. The molecule has 0 radical (unpaired) electrons. The summed E-state index contributed by atoms with van der Waals surface area (Å²) in [5.74, 6) is 0.890. The Hall–Kier alpha value is -2.17. The molecule has 118 valence electrons. The van der Waals surface area contributed by atoms with Crippen molar-refractivity contribution in [3.05, 3.63) is 42.2 Å². The minimum Gasteiger partial charge on any atom is -0.441 e. The van der Waals surface area contributed by atoms with Crippen molar-refractivity contribution in [3.8, 4) is 11.3 Å². The number of halogens is 1. The summed E-state index contributed by atoms with van der Waals surface area (Å²) in [7, 11) is 1.82. The molecule has 1 atom stereocenters. The van der Waals surface area contributed by atoms with Crippen molar-refractivity contribution in [1.82, 2.24) is 9.88 Å². The van der Waals surface area contributed by atoms with E-state index in [-0.39, 0.29) is 17.8 Å². The molecule has 5 heteroatoms. The van der Waals surface area contributed by atoms with E-state index in [1.807, 2.05) is 14.0 Å². The van der Waals surface area contributed by atoms with Crippen LogP contribution in [0.1, 0.15) is 32.6 Å². The van der Waals surface area contributed by atoms with E-state index in [1.165, 1.54) is 12.1 Å². The van der Waals surface area contributed by atoms with Crippen LogP contribution in [0.25, 0.3) is 11.3 Å². The lowest BCUT2D eigenvalue weighted by atomic mass is 10.2. The number of aromatic nitrogens is 1. The summed E-state index contributed by atoms with van der Waals surface area (Å²) in [6.45, 7) is 4.08. The smallest absolute Gasteiger partial charge is 0.223 e. The van der Waals surface area contributed by atoms with Crippen molar-refractivity contribution in [2.75, 3.05) is 7.05 Å². The van der Waals surface area contributed by atoms with Crippen molar-refractivity contribution in [3.63, 3.8) is 0 Å². The van der Waals surface area contributed by atoms with Gasteiger partial charge in [0.2, 0.25) is 5.91 Å². The quantitative estimate of drug-likeness (QED) is 0.818. The van der Waals surface area contributed by atoms with Crippen LogP contribution in [-0.2, 0) is 11.2 Å². The molecule has 0 spiro atoms. The zero-order valence-corrected chi connectivity index (χ0v) is 13.2. The van der Waals surface area contributed by atoms with Crippen LogP contribution in [-0.4, -0.2) is 28.9 Å². The first kappa shape index (κ1) is 16.2. The summed E-state index contributed by atoms with van der Waals surface area (Å²) in [6, 6.07) is 6.26. The van der Waals surface area contributed by atoms with E-state index in [9.17, 15) is 9.18 Å². The number of carbonyl (C=O) groups excluding carboxylic acids is 1. The minimum atomic E-state index is -0.290. The molecule has 0 aliphatic heterocycles. The second-order valence-corrected chi connectivity index (χ2v) is 5.39. The molecule has 1 amide bonds. The number of rotatable bonds is 6. The molecule has 1 unspecified atom stereocenters. The van der Waals surface area contributed by atoms with Gasteiger partial charge in [0.15, 0.2) is 11.7 Å². The summed E-state index contributed by atoms with van der Waals surface area (Å²) in [6.07, 6.45) is 3.35. The SMILES string of the molecule is CCC(C)N(C)C(=O)CCc1ncc(-c2ccc(F)cc2)o1. The van der Waals surface area contributed by atoms with Gasteiger partial charge in [0.05, 0.1) is 6.20 Å². The highest BCUT2D eigenvalue weighted by Crippen LogP contribution is 2.21. The standard InChI is InChI=1S/C17H21FN2O2/c1-4-12(2)20(3)17(21)10-9-16-19-11-15(22-16)13-5-7-14(18)8-6-13/h5-8,11-12H,4,9-10H2,1-3H3. The predicted octanol–water partition coefficient (Wildman–Crippen LogP) is 3.67. The molecule has 0 fully saturated rings. The molecule has 2 aromatic rings. The van der Waals surface area contributed by atoms with Crippen molar-refractivity contribution >= 4 is 5.91 Å². The van der Waals surface area contributed by atoms with Gasteiger partial charge in [-0.1, -0.05) is 6.92 Å². The zero-order chi connectivity index (χ0) is 16.1. The Balaban J connectivity index is 1.95. The van der Waals surface area contributed by atoms with Gasteiger partial charge in [-0.2, -0.15) is 0 Å². The Kier molecular flexibility index (Phi) is 5.31. The molecule has 0 saturated carbocycles. The topological polar surface area (TPSA) is 46.3 Å². The fraction of sp³-hybridized carbons (Fsp3) is 0.412. The summed E-state index contributed by atoms with van der Waals surface area (Å²) < 4.78 is 18.5. The van der Waals surface area contributed by atoms with Gasteiger partial charge in [-0.15, -0.1) is 0 Å². The number of nitrogens with zero attached hydrogens (tertiary/aromatic N) is 2. The van der Waals surface area contributed by atoms with Crippen LogP contribution in [0.4, 0.5) is 4.39 Å². The van der Waals surface area contributed by atoms with E-state index in [1.54, 1.807) is 23.2 Å². The molecule has 4 nitrogen and oxygen atoms in total. The fourth-order valence-corrected chi connectivity index (χ4v) is 2.08. The van der Waals surface area contributed by atoms with E-state index in [2.05, 4.69) is 11.9 Å². The largest absolute Gasteiger partial charge is 0.441 e. The lowest BCUT2D eigenvalue weighted by Crippen LogP contribution is -2.34. The van der Waals surface area contributed by atoms with Crippen molar-refractivity contribution in [2.24, 2.45) is 0 Å². The van der Waals surface area contributed by atoms with E-state index >= 15 is 0 Å². The van der Waals surface area contributed by atoms with Gasteiger partial charge in [-0.25, -0.2) is 9.37 Å². The van der Waals surface area contributed by atoms with Crippen LogP contribution in [0, 0.1) is 5.82 Å². The Morgan fingerprint density at radius 1 is 1.36 bits per heavy atom. The highest BCUT2D eigenvalue weighted by molar-refractivity contribution is 5.76.